The Morgan fingerprint density at radius 3 is 2.67 bits per heavy atom. The third kappa shape index (κ3) is 3.51. The minimum absolute atomic E-state index is 0.0953. The topological polar surface area (TPSA) is 37.8 Å². The molecule has 1 fully saturated rings. The van der Waals surface area contributed by atoms with Gasteiger partial charge in [0, 0.05) is 11.5 Å². The molecule has 0 aliphatic heterocycles. The lowest BCUT2D eigenvalue weighted by molar-refractivity contribution is 0.463. The molecule has 0 saturated heterocycles. The summed E-state index contributed by atoms with van der Waals surface area (Å²) in [7, 11) is 0. The van der Waals surface area contributed by atoms with Crippen LogP contribution in [0.4, 0.5) is 0 Å². The van der Waals surface area contributed by atoms with E-state index in [1.54, 1.807) is 11.5 Å². The van der Waals surface area contributed by atoms with Crippen LogP contribution in [0.25, 0.3) is 0 Å². The van der Waals surface area contributed by atoms with Crippen molar-refractivity contribution in [2.45, 2.75) is 64.8 Å². The first-order valence-electron chi connectivity index (χ1n) is 7.08. The Kier molecular flexibility index (Phi) is 4.38. The lowest BCUT2D eigenvalue weighted by Gasteiger charge is -2.22. The van der Waals surface area contributed by atoms with Gasteiger partial charge in [-0.3, -0.25) is 0 Å². The molecular weight excluding hydrogens is 242 g/mol. The maximum atomic E-state index is 4.37. The number of hydrogen-bond acceptors (Lipinski definition) is 4. The third-order valence-corrected chi connectivity index (χ3v) is 4.28. The Hall–Kier alpha value is -0.480. The number of nitrogens with zero attached hydrogens (tertiary/aromatic N) is 2. The SMILES string of the molecule is CCCNC(CC1CC1)c1snnc1C(C)(C)C. The normalized spacial score (nSPS) is 18.0. The minimum atomic E-state index is 0.0953. The molecule has 1 aliphatic carbocycles. The van der Waals surface area contributed by atoms with Crippen molar-refractivity contribution in [2.24, 2.45) is 5.92 Å². The molecule has 1 aromatic rings. The van der Waals surface area contributed by atoms with Crippen LogP contribution in [0.3, 0.4) is 0 Å². The highest BCUT2D eigenvalue weighted by atomic mass is 32.1. The molecule has 1 unspecified atom stereocenters. The Balaban J connectivity index is 2.15. The standard InChI is InChI=1S/C14H25N3S/c1-5-8-15-11(9-10-6-7-10)12-13(14(2,3)4)16-17-18-12/h10-11,15H,5-9H2,1-4H3. The van der Waals surface area contributed by atoms with E-state index in [0.717, 1.165) is 12.5 Å². The number of hydrogen-bond donors (Lipinski definition) is 1. The van der Waals surface area contributed by atoms with E-state index < -0.39 is 0 Å². The third-order valence-electron chi connectivity index (χ3n) is 3.45. The molecule has 1 atom stereocenters. The summed E-state index contributed by atoms with van der Waals surface area (Å²) in [6.07, 6.45) is 5.24. The molecule has 18 heavy (non-hydrogen) atoms. The lowest BCUT2D eigenvalue weighted by atomic mass is 9.89. The predicted molar refractivity (Wildman–Crippen MR) is 77.0 cm³/mol. The van der Waals surface area contributed by atoms with Crippen molar-refractivity contribution in [2.75, 3.05) is 6.54 Å². The fourth-order valence-electron chi connectivity index (χ4n) is 2.23. The first-order valence-corrected chi connectivity index (χ1v) is 7.85. The molecule has 0 bridgehead atoms. The second kappa shape index (κ2) is 5.66. The van der Waals surface area contributed by atoms with Crippen LogP contribution in [0.2, 0.25) is 0 Å². The molecule has 0 amide bonds. The predicted octanol–water partition coefficient (Wildman–Crippen LogP) is 3.68. The van der Waals surface area contributed by atoms with Crippen LogP contribution >= 0.6 is 11.5 Å². The van der Waals surface area contributed by atoms with E-state index in [0.29, 0.717) is 6.04 Å². The van der Waals surface area contributed by atoms with Crippen LogP contribution in [0.1, 0.15) is 70.0 Å². The second-order valence-corrected chi connectivity index (χ2v) is 7.21. The molecule has 1 aliphatic rings. The molecule has 1 aromatic heterocycles. The molecule has 0 spiro atoms. The van der Waals surface area contributed by atoms with E-state index >= 15 is 0 Å². The summed E-state index contributed by atoms with van der Waals surface area (Å²) in [6, 6.07) is 0.465. The second-order valence-electron chi connectivity index (χ2n) is 6.42. The van der Waals surface area contributed by atoms with Gasteiger partial charge in [0.25, 0.3) is 0 Å². The summed E-state index contributed by atoms with van der Waals surface area (Å²) >= 11 is 1.58. The summed E-state index contributed by atoms with van der Waals surface area (Å²) in [5.41, 5.74) is 1.28. The molecule has 0 radical (unpaired) electrons. The molecule has 3 nitrogen and oxygen atoms in total. The van der Waals surface area contributed by atoms with Gasteiger partial charge >= 0.3 is 0 Å². The molecule has 2 rings (SSSR count). The Morgan fingerprint density at radius 1 is 1.39 bits per heavy atom. The quantitative estimate of drug-likeness (QED) is 0.854. The van der Waals surface area contributed by atoms with E-state index in [2.05, 4.69) is 42.6 Å². The molecule has 102 valence electrons. The maximum Gasteiger partial charge on any atom is 0.0857 e. The summed E-state index contributed by atoms with van der Waals surface area (Å²) in [5.74, 6) is 0.925. The van der Waals surface area contributed by atoms with Gasteiger partial charge in [-0.25, -0.2) is 0 Å². The molecule has 1 heterocycles. The Morgan fingerprint density at radius 2 is 2.11 bits per heavy atom. The minimum Gasteiger partial charge on any atom is -0.309 e. The van der Waals surface area contributed by atoms with Gasteiger partial charge in [0.1, 0.15) is 0 Å². The van der Waals surface area contributed by atoms with Crippen LogP contribution in [0.5, 0.6) is 0 Å². The van der Waals surface area contributed by atoms with Crippen molar-refractivity contribution >= 4 is 11.5 Å². The van der Waals surface area contributed by atoms with Crippen LogP contribution in [-0.4, -0.2) is 16.1 Å². The lowest BCUT2D eigenvalue weighted by Crippen LogP contribution is -2.25. The van der Waals surface area contributed by atoms with Crippen molar-refractivity contribution < 1.29 is 0 Å². The van der Waals surface area contributed by atoms with Gasteiger partial charge < -0.3 is 5.32 Å². The van der Waals surface area contributed by atoms with Crippen molar-refractivity contribution in [3.8, 4) is 0 Å². The summed E-state index contributed by atoms with van der Waals surface area (Å²) in [6.45, 7) is 9.97. The van der Waals surface area contributed by atoms with Gasteiger partial charge in [-0.05, 0) is 36.8 Å². The Bertz CT molecular complexity index is 377. The summed E-state index contributed by atoms with van der Waals surface area (Å²) in [4.78, 5) is 1.36. The van der Waals surface area contributed by atoms with Gasteiger partial charge in [0.2, 0.25) is 0 Å². The van der Waals surface area contributed by atoms with Gasteiger partial charge in [-0.15, -0.1) is 5.10 Å². The highest BCUT2D eigenvalue weighted by molar-refractivity contribution is 7.05. The highest BCUT2D eigenvalue weighted by Gasteiger charge is 2.31. The molecule has 1 saturated carbocycles. The number of rotatable bonds is 6. The van der Waals surface area contributed by atoms with Crippen molar-refractivity contribution in [1.29, 1.82) is 0 Å². The van der Waals surface area contributed by atoms with Crippen LogP contribution in [-0.2, 0) is 5.41 Å². The zero-order chi connectivity index (χ0) is 13.2. The number of aromatic nitrogens is 2. The molecule has 1 N–H and O–H groups in total. The monoisotopic (exact) mass is 267 g/mol. The fourth-order valence-corrected chi connectivity index (χ4v) is 3.19. The Labute approximate surface area is 115 Å². The maximum absolute atomic E-state index is 4.37. The van der Waals surface area contributed by atoms with E-state index in [-0.39, 0.29) is 5.41 Å². The van der Waals surface area contributed by atoms with Crippen LogP contribution in [0.15, 0.2) is 0 Å². The fraction of sp³-hybridized carbons (Fsp3) is 0.857. The van der Waals surface area contributed by atoms with Crippen LogP contribution in [0, 0.1) is 5.92 Å². The average molecular weight is 267 g/mol. The van der Waals surface area contributed by atoms with Gasteiger partial charge in [0.15, 0.2) is 0 Å². The van der Waals surface area contributed by atoms with Gasteiger partial charge in [-0.1, -0.05) is 45.0 Å². The zero-order valence-corrected chi connectivity index (χ0v) is 12.8. The van der Waals surface area contributed by atoms with Crippen molar-refractivity contribution in [1.82, 2.24) is 14.9 Å². The highest BCUT2D eigenvalue weighted by Crippen LogP contribution is 2.40. The molecule has 4 heteroatoms. The first kappa shape index (κ1) is 13.9. The van der Waals surface area contributed by atoms with Crippen molar-refractivity contribution in [3.05, 3.63) is 10.6 Å². The largest absolute Gasteiger partial charge is 0.309 e. The summed E-state index contributed by atoms with van der Waals surface area (Å²) < 4.78 is 4.20. The number of nitrogens with one attached hydrogen (secondary N) is 1. The van der Waals surface area contributed by atoms with Crippen molar-refractivity contribution in [3.63, 3.8) is 0 Å². The zero-order valence-electron chi connectivity index (χ0n) is 12.0. The van der Waals surface area contributed by atoms with Gasteiger partial charge in [0.05, 0.1) is 10.6 Å². The van der Waals surface area contributed by atoms with E-state index in [4.69, 9.17) is 0 Å². The van der Waals surface area contributed by atoms with E-state index in [9.17, 15) is 0 Å². The molecule has 0 aromatic carbocycles. The van der Waals surface area contributed by atoms with Crippen LogP contribution < -0.4 is 5.32 Å². The van der Waals surface area contributed by atoms with E-state index in [1.807, 2.05) is 0 Å². The van der Waals surface area contributed by atoms with E-state index in [1.165, 1.54) is 36.3 Å². The first-order chi connectivity index (χ1) is 8.52. The molecular formula is C14H25N3S. The smallest absolute Gasteiger partial charge is 0.0857 e. The average Bonchev–Trinajstić information content (AvgIpc) is 2.95. The van der Waals surface area contributed by atoms with Gasteiger partial charge in [-0.2, -0.15) is 0 Å². The summed E-state index contributed by atoms with van der Waals surface area (Å²) in [5, 5.41) is 8.06.